The number of hydrogen-bond donors (Lipinski definition) is 0. The Bertz CT molecular complexity index is 537. The standard InChI is InChI=1S/C12H12N2O3S/c1-3-17-12(15)10-6-5-9(18-10)8-4-7-11(16-2)14-13-8/h4-7H,3H2,1-2H3. The van der Waals surface area contributed by atoms with Crippen molar-refractivity contribution >= 4 is 17.3 Å². The van der Waals surface area contributed by atoms with E-state index in [-0.39, 0.29) is 5.97 Å². The minimum absolute atomic E-state index is 0.310. The van der Waals surface area contributed by atoms with Crippen LogP contribution >= 0.6 is 11.3 Å². The molecule has 2 aromatic heterocycles. The normalized spacial score (nSPS) is 10.1. The number of methoxy groups -OCH3 is 1. The van der Waals surface area contributed by atoms with Gasteiger partial charge in [-0.2, -0.15) is 0 Å². The zero-order valence-electron chi connectivity index (χ0n) is 10.0. The summed E-state index contributed by atoms with van der Waals surface area (Å²) in [5, 5.41) is 7.90. The van der Waals surface area contributed by atoms with E-state index in [1.165, 1.54) is 18.4 Å². The number of rotatable bonds is 4. The smallest absolute Gasteiger partial charge is 0.348 e. The largest absolute Gasteiger partial charge is 0.480 e. The molecule has 0 radical (unpaired) electrons. The van der Waals surface area contributed by atoms with E-state index in [1.54, 1.807) is 25.1 Å². The number of carbonyl (C=O) groups excluding carboxylic acids is 1. The summed E-state index contributed by atoms with van der Waals surface area (Å²) in [7, 11) is 1.54. The highest BCUT2D eigenvalue weighted by Crippen LogP contribution is 2.27. The average Bonchev–Trinajstić information content (AvgIpc) is 2.89. The molecule has 0 N–H and O–H groups in total. The summed E-state index contributed by atoms with van der Waals surface area (Å²) in [5.41, 5.74) is 0.705. The van der Waals surface area contributed by atoms with Crippen molar-refractivity contribution in [2.24, 2.45) is 0 Å². The molecule has 18 heavy (non-hydrogen) atoms. The first-order chi connectivity index (χ1) is 8.74. The molecule has 0 bridgehead atoms. The SMILES string of the molecule is CCOC(=O)c1ccc(-c2ccc(OC)nn2)s1. The van der Waals surface area contributed by atoms with E-state index < -0.39 is 0 Å². The zero-order chi connectivity index (χ0) is 13.0. The third kappa shape index (κ3) is 2.65. The third-order valence-electron chi connectivity index (χ3n) is 2.18. The van der Waals surface area contributed by atoms with Crippen molar-refractivity contribution in [2.45, 2.75) is 6.92 Å². The van der Waals surface area contributed by atoms with Gasteiger partial charge in [0.15, 0.2) is 0 Å². The van der Waals surface area contributed by atoms with Gasteiger partial charge >= 0.3 is 5.97 Å². The molecule has 0 saturated carbocycles. The first-order valence-electron chi connectivity index (χ1n) is 5.39. The van der Waals surface area contributed by atoms with Gasteiger partial charge in [-0.1, -0.05) is 0 Å². The second kappa shape index (κ2) is 5.59. The van der Waals surface area contributed by atoms with Gasteiger partial charge in [-0.25, -0.2) is 4.79 Å². The molecule has 0 aliphatic carbocycles. The number of esters is 1. The van der Waals surface area contributed by atoms with Crippen LogP contribution in [0, 0.1) is 0 Å². The predicted octanol–water partition coefficient (Wildman–Crippen LogP) is 2.39. The minimum Gasteiger partial charge on any atom is -0.480 e. The molecule has 0 amide bonds. The Kier molecular flexibility index (Phi) is 3.88. The van der Waals surface area contributed by atoms with Crippen LogP contribution in [0.3, 0.4) is 0 Å². The van der Waals surface area contributed by atoms with Gasteiger partial charge in [0, 0.05) is 6.07 Å². The van der Waals surface area contributed by atoms with Gasteiger partial charge in [0.25, 0.3) is 0 Å². The zero-order valence-corrected chi connectivity index (χ0v) is 10.9. The molecule has 2 rings (SSSR count). The van der Waals surface area contributed by atoms with Crippen LogP contribution in [0.5, 0.6) is 5.88 Å². The maximum Gasteiger partial charge on any atom is 0.348 e. The van der Waals surface area contributed by atoms with Gasteiger partial charge in [0.2, 0.25) is 5.88 Å². The predicted molar refractivity (Wildman–Crippen MR) is 67.9 cm³/mol. The van der Waals surface area contributed by atoms with Gasteiger partial charge in [-0.3, -0.25) is 0 Å². The topological polar surface area (TPSA) is 61.3 Å². The van der Waals surface area contributed by atoms with Crippen LogP contribution < -0.4 is 4.74 Å². The van der Waals surface area contributed by atoms with Gasteiger partial charge in [-0.05, 0) is 25.1 Å². The van der Waals surface area contributed by atoms with Crippen LogP contribution in [0.1, 0.15) is 16.6 Å². The van der Waals surface area contributed by atoms with Crippen molar-refractivity contribution in [3.8, 4) is 16.5 Å². The fourth-order valence-corrected chi connectivity index (χ4v) is 2.21. The van der Waals surface area contributed by atoms with Gasteiger partial charge in [0.1, 0.15) is 10.6 Å². The van der Waals surface area contributed by atoms with Gasteiger partial charge in [0.05, 0.1) is 18.6 Å². The van der Waals surface area contributed by atoms with Crippen LogP contribution in [0.2, 0.25) is 0 Å². The summed E-state index contributed by atoms with van der Waals surface area (Å²) < 4.78 is 9.87. The number of hydrogen-bond acceptors (Lipinski definition) is 6. The maximum atomic E-state index is 11.5. The van der Waals surface area contributed by atoms with Crippen LogP contribution in [0.4, 0.5) is 0 Å². The number of ether oxygens (including phenoxy) is 2. The lowest BCUT2D eigenvalue weighted by molar-refractivity contribution is 0.0532. The van der Waals surface area contributed by atoms with Crippen LogP contribution in [0.25, 0.3) is 10.6 Å². The lowest BCUT2D eigenvalue weighted by Gasteiger charge is -1.98. The van der Waals surface area contributed by atoms with Crippen molar-refractivity contribution in [1.82, 2.24) is 10.2 Å². The van der Waals surface area contributed by atoms with E-state index in [0.29, 0.717) is 23.1 Å². The Hall–Kier alpha value is -1.95. The molecule has 94 valence electrons. The van der Waals surface area contributed by atoms with Crippen LogP contribution in [-0.4, -0.2) is 29.9 Å². The van der Waals surface area contributed by atoms with E-state index >= 15 is 0 Å². The molecular formula is C12H12N2O3S. The highest BCUT2D eigenvalue weighted by Gasteiger charge is 2.11. The van der Waals surface area contributed by atoms with Crippen molar-refractivity contribution in [2.75, 3.05) is 13.7 Å². The molecule has 0 aliphatic rings. The van der Waals surface area contributed by atoms with Crippen molar-refractivity contribution in [3.63, 3.8) is 0 Å². The molecule has 0 aliphatic heterocycles. The Balaban J connectivity index is 2.20. The molecule has 0 aromatic carbocycles. The van der Waals surface area contributed by atoms with E-state index in [2.05, 4.69) is 10.2 Å². The third-order valence-corrected chi connectivity index (χ3v) is 3.27. The lowest BCUT2D eigenvalue weighted by atomic mass is 10.3. The number of carbonyl (C=O) groups is 1. The van der Waals surface area contributed by atoms with Crippen LogP contribution in [-0.2, 0) is 4.74 Å². The van der Waals surface area contributed by atoms with Crippen molar-refractivity contribution in [1.29, 1.82) is 0 Å². The van der Waals surface area contributed by atoms with E-state index in [0.717, 1.165) is 4.88 Å². The number of aromatic nitrogens is 2. The lowest BCUT2D eigenvalue weighted by Crippen LogP contribution is -2.01. The molecule has 0 spiro atoms. The Morgan fingerprint density at radius 1 is 1.28 bits per heavy atom. The van der Waals surface area contributed by atoms with Crippen LogP contribution in [0.15, 0.2) is 24.3 Å². The molecule has 0 atom stereocenters. The second-order valence-corrected chi connectivity index (χ2v) is 4.43. The van der Waals surface area contributed by atoms with E-state index in [9.17, 15) is 4.79 Å². The van der Waals surface area contributed by atoms with E-state index in [4.69, 9.17) is 9.47 Å². The summed E-state index contributed by atoms with van der Waals surface area (Å²) in [4.78, 5) is 13.0. The molecule has 6 heteroatoms. The van der Waals surface area contributed by atoms with E-state index in [1.807, 2.05) is 6.07 Å². The Morgan fingerprint density at radius 2 is 2.11 bits per heavy atom. The Morgan fingerprint density at radius 3 is 2.72 bits per heavy atom. The maximum absolute atomic E-state index is 11.5. The first-order valence-corrected chi connectivity index (χ1v) is 6.21. The molecular weight excluding hydrogens is 252 g/mol. The summed E-state index contributed by atoms with van der Waals surface area (Å²) >= 11 is 1.33. The van der Waals surface area contributed by atoms with Gasteiger partial charge < -0.3 is 9.47 Å². The molecule has 0 unspecified atom stereocenters. The fraction of sp³-hybridized carbons (Fsp3) is 0.250. The molecule has 2 aromatic rings. The Labute approximate surface area is 108 Å². The van der Waals surface area contributed by atoms with Crippen molar-refractivity contribution < 1.29 is 14.3 Å². The monoisotopic (exact) mass is 264 g/mol. The van der Waals surface area contributed by atoms with Gasteiger partial charge in [-0.15, -0.1) is 21.5 Å². The summed E-state index contributed by atoms with van der Waals surface area (Å²) in [6.07, 6.45) is 0. The highest BCUT2D eigenvalue weighted by atomic mass is 32.1. The second-order valence-electron chi connectivity index (χ2n) is 3.35. The highest BCUT2D eigenvalue weighted by molar-refractivity contribution is 7.17. The number of nitrogens with zero attached hydrogens (tertiary/aromatic N) is 2. The summed E-state index contributed by atoms with van der Waals surface area (Å²) in [5.74, 6) is 0.149. The fourth-order valence-electron chi connectivity index (χ4n) is 1.35. The molecule has 0 fully saturated rings. The first kappa shape index (κ1) is 12.5. The summed E-state index contributed by atoms with van der Waals surface area (Å²) in [6.45, 7) is 2.15. The molecule has 0 saturated heterocycles. The quantitative estimate of drug-likeness (QED) is 0.793. The molecule has 2 heterocycles. The number of thiophene rings is 1. The average molecular weight is 264 g/mol. The summed E-state index contributed by atoms with van der Waals surface area (Å²) in [6, 6.07) is 7.08. The molecule has 5 nitrogen and oxygen atoms in total. The van der Waals surface area contributed by atoms with Crippen molar-refractivity contribution in [3.05, 3.63) is 29.1 Å². The minimum atomic E-state index is -0.310.